The lowest BCUT2D eigenvalue weighted by Crippen LogP contribution is -2.54. The molecule has 3 rings (SSSR count). The van der Waals surface area contributed by atoms with Crippen molar-refractivity contribution in [2.45, 2.75) is 81.6 Å². The molecule has 0 saturated carbocycles. The molecule has 1 aromatic rings. The van der Waals surface area contributed by atoms with Crippen molar-refractivity contribution in [3.05, 3.63) is 48.0 Å². The quantitative estimate of drug-likeness (QED) is 0.473. The number of halogens is 3. The van der Waals surface area contributed by atoms with Crippen molar-refractivity contribution in [3.63, 3.8) is 0 Å². The lowest BCUT2D eigenvalue weighted by molar-refractivity contribution is -0.281. The molecule has 182 valence electrons. The Morgan fingerprint density at radius 1 is 1.12 bits per heavy atom. The van der Waals surface area contributed by atoms with Gasteiger partial charge in [0.15, 0.2) is 0 Å². The number of fused-ring (bicyclic) bond motifs is 2. The molecule has 0 spiro atoms. The lowest BCUT2D eigenvalue weighted by atomic mass is 9.92. The largest absolute Gasteiger partial charge is 0.463 e. The van der Waals surface area contributed by atoms with E-state index in [1.54, 1.807) is 6.92 Å². The van der Waals surface area contributed by atoms with E-state index in [2.05, 4.69) is 0 Å². The lowest BCUT2D eigenvalue weighted by Gasteiger charge is -2.38. The number of allylic oxidation sites excluding steroid dienone is 1. The third-order valence-electron chi connectivity index (χ3n) is 5.96. The molecule has 0 radical (unpaired) electrons. The molecule has 33 heavy (non-hydrogen) atoms. The molecule has 1 saturated heterocycles. The molecule has 2 aliphatic rings. The van der Waals surface area contributed by atoms with Crippen molar-refractivity contribution in [1.82, 2.24) is 0 Å². The fourth-order valence-electron chi connectivity index (χ4n) is 4.22. The summed E-state index contributed by atoms with van der Waals surface area (Å²) < 4.78 is 64.0. The topological polar surface area (TPSA) is 71.1 Å². The molecular weight excluding hydrogens is 441 g/mol. The SMILES string of the molecule is CO[C@@](C(=O)O[C@H]1CC[C@@H]2/C=C\CCC[C@@H](C)OC(=O)C[C@@H]1O2)(c1ccccc1)C(F)(F)F. The summed E-state index contributed by atoms with van der Waals surface area (Å²) in [6, 6.07) is 6.61. The van der Waals surface area contributed by atoms with Gasteiger partial charge in [-0.1, -0.05) is 42.5 Å². The van der Waals surface area contributed by atoms with Gasteiger partial charge in [-0.05, 0) is 39.0 Å². The molecule has 0 N–H and O–H groups in total. The average molecular weight is 470 g/mol. The van der Waals surface area contributed by atoms with Gasteiger partial charge in [0.25, 0.3) is 5.60 Å². The van der Waals surface area contributed by atoms with E-state index in [0.717, 1.165) is 32.1 Å². The highest BCUT2D eigenvalue weighted by Gasteiger charge is 2.64. The van der Waals surface area contributed by atoms with Crippen LogP contribution in [0.3, 0.4) is 0 Å². The van der Waals surface area contributed by atoms with Crippen molar-refractivity contribution in [2.24, 2.45) is 0 Å². The Kier molecular flexibility index (Phi) is 8.18. The smallest absolute Gasteiger partial charge is 0.432 e. The summed E-state index contributed by atoms with van der Waals surface area (Å²) in [4.78, 5) is 25.4. The van der Waals surface area contributed by atoms with Crippen LogP contribution in [-0.4, -0.2) is 49.6 Å². The molecule has 2 bridgehead atoms. The van der Waals surface area contributed by atoms with Crippen LogP contribution in [0.5, 0.6) is 0 Å². The molecule has 0 amide bonds. The first-order chi connectivity index (χ1) is 15.7. The van der Waals surface area contributed by atoms with Crippen LogP contribution < -0.4 is 0 Å². The number of methoxy groups -OCH3 is 1. The first-order valence-electron chi connectivity index (χ1n) is 11.1. The van der Waals surface area contributed by atoms with Gasteiger partial charge in [-0.15, -0.1) is 0 Å². The Labute approximate surface area is 191 Å². The normalized spacial score (nSPS) is 29.5. The first-order valence-corrected chi connectivity index (χ1v) is 11.1. The van der Waals surface area contributed by atoms with Gasteiger partial charge in [-0.3, -0.25) is 4.79 Å². The van der Waals surface area contributed by atoms with Crippen molar-refractivity contribution >= 4 is 11.9 Å². The molecule has 5 atom stereocenters. The highest BCUT2D eigenvalue weighted by Crippen LogP contribution is 2.43. The number of cyclic esters (lactones) is 1. The van der Waals surface area contributed by atoms with Crippen LogP contribution in [-0.2, 0) is 34.1 Å². The van der Waals surface area contributed by atoms with E-state index in [-0.39, 0.29) is 25.0 Å². The van der Waals surface area contributed by atoms with Gasteiger partial charge < -0.3 is 18.9 Å². The van der Waals surface area contributed by atoms with Crippen LogP contribution in [0.1, 0.15) is 51.0 Å². The Morgan fingerprint density at radius 3 is 2.52 bits per heavy atom. The summed E-state index contributed by atoms with van der Waals surface area (Å²) in [5.41, 5.74) is -3.69. The van der Waals surface area contributed by atoms with E-state index < -0.39 is 41.5 Å². The molecule has 2 heterocycles. The minimum atomic E-state index is -5.08. The van der Waals surface area contributed by atoms with E-state index in [0.29, 0.717) is 12.8 Å². The van der Waals surface area contributed by atoms with Gasteiger partial charge in [0, 0.05) is 12.7 Å². The zero-order chi connectivity index (χ0) is 24.1. The second-order valence-electron chi connectivity index (χ2n) is 8.35. The number of esters is 2. The van der Waals surface area contributed by atoms with E-state index in [1.165, 1.54) is 18.2 Å². The molecule has 0 aliphatic carbocycles. The molecule has 6 nitrogen and oxygen atoms in total. The van der Waals surface area contributed by atoms with Crippen molar-refractivity contribution in [2.75, 3.05) is 7.11 Å². The van der Waals surface area contributed by atoms with Crippen molar-refractivity contribution in [1.29, 1.82) is 0 Å². The molecular formula is C24H29F3O6. The third-order valence-corrected chi connectivity index (χ3v) is 5.96. The van der Waals surface area contributed by atoms with E-state index >= 15 is 0 Å². The fraction of sp³-hybridized carbons (Fsp3) is 0.583. The van der Waals surface area contributed by atoms with Crippen molar-refractivity contribution < 1.29 is 41.7 Å². The summed E-state index contributed by atoms with van der Waals surface area (Å²) in [7, 11) is 0.814. The summed E-state index contributed by atoms with van der Waals surface area (Å²) in [5.74, 6) is -2.14. The molecule has 1 aromatic carbocycles. The minimum Gasteiger partial charge on any atom is -0.463 e. The number of carbonyl (C=O) groups is 2. The number of alkyl halides is 3. The highest BCUT2D eigenvalue weighted by molar-refractivity contribution is 5.83. The number of carbonyl (C=O) groups excluding carboxylic acids is 2. The third kappa shape index (κ3) is 5.76. The van der Waals surface area contributed by atoms with Gasteiger partial charge in [0.1, 0.15) is 12.2 Å². The number of hydrogen-bond donors (Lipinski definition) is 0. The summed E-state index contributed by atoms with van der Waals surface area (Å²) in [5, 5.41) is 0. The van der Waals surface area contributed by atoms with E-state index in [4.69, 9.17) is 18.9 Å². The maximum absolute atomic E-state index is 14.2. The van der Waals surface area contributed by atoms with Crippen LogP contribution in [0, 0.1) is 0 Å². The maximum atomic E-state index is 14.2. The molecule has 0 unspecified atom stereocenters. The zero-order valence-corrected chi connectivity index (χ0v) is 18.7. The number of rotatable bonds is 4. The zero-order valence-electron chi connectivity index (χ0n) is 18.7. The highest BCUT2D eigenvalue weighted by atomic mass is 19.4. The Morgan fingerprint density at radius 2 is 1.85 bits per heavy atom. The second kappa shape index (κ2) is 10.7. The van der Waals surface area contributed by atoms with Crippen LogP contribution in [0.25, 0.3) is 0 Å². The molecule has 0 aromatic heterocycles. The molecule has 1 fully saturated rings. The number of ether oxygens (including phenoxy) is 4. The Bertz CT molecular complexity index is 840. The van der Waals surface area contributed by atoms with Gasteiger partial charge in [-0.25, -0.2) is 4.79 Å². The maximum Gasteiger partial charge on any atom is 0.432 e. The first kappa shape index (κ1) is 25.2. The Hall–Kier alpha value is -2.39. The van der Waals surface area contributed by atoms with Gasteiger partial charge in [-0.2, -0.15) is 13.2 Å². The van der Waals surface area contributed by atoms with Gasteiger partial charge >= 0.3 is 18.1 Å². The average Bonchev–Trinajstić information content (AvgIpc) is 2.75. The van der Waals surface area contributed by atoms with Crippen molar-refractivity contribution in [3.8, 4) is 0 Å². The number of benzene rings is 1. The monoisotopic (exact) mass is 470 g/mol. The van der Waals surface area contributed by atoms with E-state index in [9.17, 15) is 22.8 Å². The van der Waals surface area contributed by atoms with Crippen LogP contribution in [0.4, 0.5) is 13.2 Å². The second-order valence-corrected chi connectivity index (χ2v) is 8.35. The van der Waals surface area contributed by atoms with Crippen LogP contribution >= 0.6 is 0 Å². The van der Waals surface area contributed by atoms with E-state index in [1.807, 2.05) is 12.2 Å². The van der Waals surface area contributed by atoms with Gasteiger partial charge in [0.05, 0.1) is 18.6 Å². The van der Waals surface area contributed by atoms with Crippen LogP contribution in [0.15, 0.2) is 42.5 Å². The Balaban J connectivity index is 1.86. The van der Waals surface area contributed by atoms with Crippen LogP contribution in [0.2, 0.25) is 0 Å². The predicted octanol–water partition coefficient (Wildman–Crippen LogP) is 4.61. The van der Waals surface area contributed by atoms with Gasteiger partial charge in [0.2, 0.25) is 0 Å². The standard InChI is InChI=1S/C24H29F3O6/c1-16-9-5-3-8-12-18-13-14-19(20(32-18)15-21(28)31-16)33-22(29)23(30-2,24(25,26)27)17-10-6-4-7-11-17/h4,6-8,10-12,16,18-20H,3,5,9,13-15H2,1-2H3/b12-8-/t16-,18+,19+,20+,23-/m1/s1. The molecule has 9 heteroatoms. The predicted molar refractivity (Wildman–Crippen MR) is 112 cm³/mol. The summed E-state index contributed by atoms with van der Waals surface area (Å²) in [6.45, 7) is 1.78. The minimum absolute atomic E-state index is 0.232. The summed E-state index contributed by atoms with van der Waals surface area (Å²) in [6.07, 6.45) is -1.02. The fourth-order valence-corrected chi connectivity index (χ4v) is 4.22. The summed E-state index contributed by atoms with van der Waals surface area (Å²) >= 11 is 0. The number of hydrogen-bond acceptors (Lipinski definition) is 6. The molecule has 2 aliphatic heterocycles.